The van der Waals surface area contributed by atoms with E-state index in [2.05, 4.69) is 46.2 Å². The zero-order valence-corrected chi connectivity index (χ0v) is 19.5. The highest BCUT2D eigenvalue weighted by Gasteiger charge is 2.25. The predicted molar refractivity (Wildman–Crippen MR) is 122 cm³/mol. The van der Waals surface area contributed by atoms with Crippen LogP contribution in [0, 0.1) is 0 Å². The Labute approximate surface area is 184 Å². The molecule has 1 aliphatic rings. The Balaban J connectivity index is 0.00000280. The minimum absolute atomic E-state index is 0. The summed E-state index contributed by atoms with van der Waals surface area (Å²) in [6.07, 6.45) is 4.08. The molecule has 1 aromatic heterocycles. The van der Waals surface area contributed by atoms with Crippen LogP contribution >= 0.6 is 24.0 Å². The molecule has 0 atom stereocenters. The molecule has 2 heterocycles. The third-order valence-electron chi connectivity index (χ3n) is 4.53. The van der Waals surface area contributed by atoms with E-state index >= 15 is 0 Å². The molecule has 0 unspecified atom stereocenters. The van der Waals surface area contributed by atoms with Gasteiger partial charge in [0.2, 0.25) is 0 Å². The first-order valence-electron chi connectivity index (χ1n) is 9.54. The van der Waals surface area contributed by atoms with Crippen LogP contribution in [0.4, 0.5) is 0 Å². The second kappa shape index (κ2) is 10.2. The summed E-state index contributed by atoms with van der Waals surface area (Å²) in [4.78, 5) is 6.73. The molecule has 0 radical (unpaired) electrons. The van der Waals surface area contributed by atoms with Crippen LogP contribution in [0.3, 0.4) is 0 Å². The molecule has 0 saturated carbocycles. The number of hydrogen-bond donors (Lipinski definition) is 1. The van der Waals surface area contributed by atoms with Crippen LogP contribution in [0.25, 0.3) is 5.69 Å². The van der Waals surface area contributed by atoms with Gasteiger partial charge in [-0.05, 0) is 45.7 Å². The van der Waals surface area contributed by atoms with E-state index in [1.807, 2.05) is 41.9 Å². The summed E-state index contributed by atoms with van der Waals surface area (Å²) in [5.41, 5.74) is 0.961. The Bertz CT molecular complexity index is 748. The maximum atomic E-state index is 6.12. The van der Waals surface area contributed by atoms with Gasteiger partial charge < -0.3 is 15.0 Å². The Morgan fingerprint density at radius 2 is 1.89 bits per heavy atom. The lowest BCUT2D eigenvalue weighted by atomic mass is 10.1. The summed E-state index contributed by atoms with van der Waals surface area (Å²) in [5.74, 6) is 1.75. The number of nitrogens with one attached hydrogen (secondary N) is 1. The Morgan fingerprint density at radius 3 is 2.50 bits per heavy atom. The van der Waals surface area contributed by atoms with Crippen molar-refractivity contribution in [1.82, 2.24) is 25.0 Å². The number of para-hydroxylation sites is 1. The number of nitrogens with zero attached hydrogens (tertiary/aromatic N) is 5. The number of halogens is 1. The van der Waals surface area contributed by atoms with E-state index < -0.39 is 0 Å². The smallest absolute Gasteiger partial charge is 0.194 e. The van der Waals surface area contributed by atoms with Gasteiger partial charge in [-0.15, -0.1) is 34.2 Å². The van der Waals surface area contributed by atoms with Crippen LogP contribution in [0.2, 0.25) is 0 Å². The van der Waals surface area contributed by atoms with Gasteiger partial charge in [-0.2, -0.15) is 0 Å². The summed E-state index contributed by atoms with van der Waals surface area (Å²) < 4.78 is 8.11. The van der Waals surface area contributed by atoms with Gasteiger partial charge in [-0.3, -0.25) is 9.56 Å². The average Bonchev–Trinajstić information content (AvgIpc) is 3.11. The third kappa shape index (κ3) is 6.16. The molecular weight excluding hydrogens is 467 g/mol. The molecule has 2 aromatic rings. The van der Waals surface area contributed by atoms with E-state index in [4.69, 9.17) is 4.74 Å². The van der Waals surface area contributed by atoms with Crippen molar-refractivity contribution in [3.8, 4) is 5.69 Å². The molecular formula is C20H31IN6O. The van der Waals surface area contributed by atoms with Gasteiger partial charge in [-0.25, -0.2) is 0 Å². The first-order chi connectivity index (χ1) is 13.0. The number of guanidine groups is 1. The second-order valence-electron chi connectivity index (χ2n) is 7.77. The number of ether oxygens (including phenoxy) is 1. The fraction of sp³-hybridized carbons (Fsp3) is 0.550. The van der Waals surface area contributed by atoms with Crippen molar-refractivity contribution in [3.05, 3.63) is 42.5 Å². The number of piperidine rings is 1. The number of likely N-dealkylation sites (tertiary alicyclic amines) is 1. The Kier molecular flexibility index (Phi) is 8.23. The van der Waals surface area contributed by atoms with E-state index in [-0.39, 0.29) is 29.6 Å². The average molecular weight is 498 g/mol. The molecule has 0 aliphatic carbocycles. The molecule has 3 rings (SSSR count). The molecule has 0 bridgehead atoms. The quantitative estimate of drug-likeness (QED) is 0.399. The molecule has 1 fully saturated rings. The van der Waals surface area contributed by atoms with Gasteiger partial charge in [0.15, 0.2) is 11.8 Å². The van der Waals surface area contributed by atoms with Crippen LogP contribution in [-0.4, -0.2) is 57.5 Å². The van der Waals surface area contributed by atoms with Gasteiger partial charge in [0.05, 0.1) is 18.2 Å². The number of benzene rings is 1. The van der Waals surface area contributed by atoms with Crippen molar-refractivity contribution < 1.29 is 4.74 Å². The number of rotatable bonds is 4. The molecule has 0 spiro atoms. The summed E-state index contributed by atoms with van der Waals surface area (Å²) in [7, 11) is 1.82. The summed E-state index contributed by atoms with van der Waals surface area (Å²) >= 11 is 0. The van der Waals surface area contributed by atoms with Crippen molar-refractivity contribution in [2.24, 2.45) is 4.99 Å². The van der Waals surface area contributed by atoms with E-state index in [0.29, 0.717) is 12.6 Å². The van der Waals surface area contributed by atoms with Gasteiger partial charge >= 0.3 is 0 Å². The van der Waals surface area contributed by atoms with E-state index in [1.165, 1.54) is 0 Å². The van der Waals surface area contributed by atoms with E-state index in [0.717, 1.165) is 43.4 Å². The molecule has 154 valence electrons. The van der Waals surface area contributed by atoms with Gasteiger partial charge in [0.1, 0.15) is 6.33 Å². The lowest BCUT2D eigenvalue weighted by Crippen LogP contribution is -2.47. The maximum absolute atomic E-state index is 6.12. The highest BCUT2D eigenvalue weighted by Crippen LogP contribution is 2.20. The fourth-order valence-corrected chi connectivity index (χ4v) is 3.36. The lowest BCUT2D eigenvalue weighted by molar-refractivity contribution is -0.0772. The van der Waals surface area contributed by atoms with Crippen LogP contribution in [0.1, 0.15) is 39.4 Å². The molecule has 8 heteroatoms. The monoisotopic (exact) mass is 498 g/mol. The first-order valence-corrected chi connectivity index (χ1v) is 9.54. The van der Waals surface area contributed by atoms with Crippen molar-refractivity contribution >= 4 is 29.9 Å². The minimum Gasteiger partial charge on any atom is -0.372 e. The van der Waals surface area contributed by atoms with Crippen LogP contribution < -0.4 is 5.32 Å². The third-order valence-corrected chi connectivity index (χ3v) is 4.53. The minimum atomic E-state index is -0.0890. The van der Waals surface area contributed by atoms with Gasteiger partial charge in [-0.1, -0.05) is 18.2 Å². The predicted octanol–water partition coefficient (Wildman–Crippen LogP) is 3.24. The molecule has 1 aliphatic heterocycles. The standard InChI is InChI=1S/C20H30N6O.HI/c1-20(2,3)27-17-10-12-25(13-11-17)19(21-4)22-14-18-24-23-15-26(18)16-8-6-5-7-9-16;/h5-9,15,17H,10-14H2,1-4H3,(H,21,22);1H. The topological polar surface area (TPSA) is 67.6 Å². The van der Waals surface area contributed by atoms with Crippen LogP contribution in [0.15, 0.2) is 41.7 Å². The highest BCUT2D eigenvalue weighted by molar-refractivity contribution is 14.0. The second-order valence-corrected chi connectivity index (χ2v) is 7.77. The first kappa shape index (κ1) is 22.6. The van der Waals surface area contributed by atoms with Crippen molar-refractivity contribution in [3.63, 3.8) is 0 Å². The lowest BCUT2D eigenvalue weighted by Gasteiger charge is -2.36. The Morgan fingerprint density at radius 1 is 1.21 bits per heavy atom. The van der Waals surface area contributed by atoms with Crippen LogP contribution in [0.5, 0.6) is 0 Å². The van der Waals surface area contributed by atoms with Crippen molar-refractivity contribution in [2.75, 3.05) is 20.1 Å². The summed E-state index contributed by atoms with van der Waals surface area (Å²) in [6, 6.07) is 10.1. The van der Waals surface area contributed by atoms with Crippen LogP contribution in [-0.2, 0) is 11.3 Å². The van der Waals surface area contributed by atoms with Gasteiger partial charge in [0, 0.05) is 25.8 Å². The highest BCUT2D eigenvalue weighted by atomic mass is 127. The number of aliphatic imine (C=N–C) groups is 1. The zero-order valence-electron chi connectivity index (χ0n) is 17.1. The summed E-state index contributed by atoms with van der Waals surface area (Å²) in [6.45, 7) is 8.78. The van der Waals surface area contributed by atoms with Gasteiger partial charge in [0.25, 0.3) is 0 Å². The normalized spacial score (nSPS) is 16.0. The Hall–Kier alpha value is -1.68. The van der Waals surface area contributed by atoms with E-state index in [1.54, 1.807) is 6.33 Å². The molecule has 0 amide bonds. The van der Waals surface area contributed by atoms with Crippen molar-refractivity contribution in [2.45, 2.75) is 51.9 Å². The molecule has 7 nitrogen and oxygen atoms in total. The summed E-state index contributed by atoms with van der Waals surface area (Å²) in [5, 5.41) is 11.7. The van der Waals surface area contributed by atoms with E-state index in [9.17, 15) is 0 Å². The maximum Gasteiger partial charge on any atom is 0.194 e. The number of hydrogen-bond acceptors (Lipinski definition) is 4. The molecule has 28 heavy (non-hydrogen) atoms. The number of aromatic nitrogens is 3. The van der Waals surface area contributed by atoms with Crippen molar-refractivity contribution in [1.29, 1.82) is 0 Å². The largest absolute Gasteiger partial charge is 0.372 e. The SMILES string of the molecule is CN=C(NCc1nncn1-c1ccccc1)N1CCC(OC(C)(C)C)CC1.I. The molecule has 1 N–H and O–H groups in total. The zero-order chi connectivity index (χ0) is 19.3. The molecule has 1 saturated heterocycles. The fourth-order valence-electron chi connectivity index (χ4n) is 3.36. The molecule has 1 aromatic carbocycles.